The van der Waals surface area contributed by atoms with Crippen molar-refractivity contribution in [1.82, 2.24) is 5.32 Å². The molecule has 0 saturated heterocycles. The molecule has 1 aromatic rings. The molecule has 1 N–H and O–H groups in total. The number of hydrogen-bond acceptors (Lipinski definition) is 4. The van der Waals surface area contributed by atoms with Gasteiger partial charge in [0.2, 0.25) is 0 Å². The zero-order valence-electron chi connectivity index (χ0n) is 10.4. The lowest BCUT2D eigenvalue weighted by atomic mass is 10.2. The van der Waals surface area contributed by atoms with E-state index in [0.29, 0.717) is 12.3 Å². The second-order valence-electron chi connectivity index (χ2n) is 3.53. The van der Waals surface area contributed by atoms with Gasteiger partial charge in [-0.15, -0.1) is 0 Å². The monoisotopic (exact) mass is 277 g/mol. The van der Waals surface area contributed by atoms with Gasteiger partial charge in [-0.25, -0.2) is 0 Å². The van der Waals surface area contributed by atoms with Gasteiger partial charge in [-0.3, -0.25) is 0 Å². The molecule has 1 aromatic carbocycles. The average molecular weight is 277 g/mol. The summed E-state index contributed by atoms with van der Waals surface area (Å²) in [6.07, 6.45) is 2.03. The topological polar surface area (TPSA) is 30.5 Å². The molecule has 0 aromatic heterocycles. The van der Waals surface area contributed by atoms with Crippen molar-refractivity contribution in [3.63, 3.8) is 0 Å². The van der Waals surface area contributed by atoms with Crippen LogP contribution >= 0.6 is 11.8 Å². The van der Waals surface area contributed by atoms with Gasteiger partial charge >= 0.3 is 6.61 Å². The van der Waals surface area contributed by atoms with Crippen LogP contribution < -0.4 is 14.8 Å². The molecule has 0 saturated carbocycles. The quantitative estimate of drug-likeness (QED) is 0.740. The summed E-state index contributed by atoms with van der Waals surface area (Å²) in [7, 11) is 1.42. The normalized spacial score (nSPS) is 10.7. The number of thioether (sulfide) groups is 1. The number of benzene rings is 1. The van der Waals surface area contributed by atoms with E-state index in [0.717, 1.165) is 17.9 Å². The van der Waals surface area contributed by atoms with Crippen molar-refractivity contribution in [3.8, 4) is 11.5 Å². The van der Waals surface area contributed by atoms with E-state index in [1.54, 1.807) is 23.9 Å². The molecule has 0 aliphatic rings. The summed E-state index contributed by atoms with van der Waals surface area (Å²) in [6, 6.07) is 5.02. The molecule has 0 aliphatic heterocycles. The van der Waals surface area contributed by atoms with Gasteiger partial charge in [0.05, 0.1) is 7.11 Å². The van der Waals surface area contributed by atoms with Crippen molar-refractivity contribution in [2.75, 3.05) is 25.7 Å². The van der Waals surface area contributed by atoms with Crippen molar-refractivity contribution in [2.45, 2.75) is 13.2 Å². The SMILES string of the molecule is COc1ccc(CNCCSC)cc1OC(F)F. The largest absolute Gasteiger partial charge is 0.493 e. The summed E-state index contributed by atoms with van der Waals surface area (Å²) in [5, 5.41) is 3.22. The number of halogens is 2. The first-order valence-corrected chi connectivity index (χ1v) is 6.88. The number of methoxy groups -OCH3 is 1. The Morgan fingerprint density at radius 2 is 2.11 bits per heavy atom. The molecule has 0 bridgehead atoms. The van der Waals surface area contributed by atoms with Crippen LogP contribution in [-0.4, -0.2) is 32.3 Å². The average Bonchev–Trinajstić information content (AvgIpc) is 2.34. The van der Waals surface area contributed by atoms with Crippen molar-refractivity contribution >= 4 is 11.8 Å². The van der Waals surface area contributed by atoms with Crippen molar-refractivity contribution in [3.05, 3.63) is 23.8 Å². The Balaban J connectivity index is 2.63. The molecule has 0 spiro atoms. The maximum absolute atomic E-state index is 12.2. The highest BCUT2D eigenvalue weighted by atomic mass is 32.2. The maximum Gasteiger partial charge on any atom is 0.387 e. The zero-order chi connectivity index (χ0) is 13.4. The number of alkyl halides is 2. The van der Waals surface area contributed by atoms with E-state index in [4.69, 9.17) is 4.74 Å². The fourth-order valence-electron chi connectivity index (χ4n) is 1.43. The minimum Gasteiger partial charge on any atom is -0.493 e. The van der Waals surface area contributed by atoms with Crippen LogP contribution in [0, 0.1) is 0 Å². The molecule has 0 heterocycles. The van der Waals surface area contributed by atoms with Gasteiger partial charge in [-0.05, 0) is 24.0 Å². The molecule has 0 unspecified atom stereocenters. The lowest BCUT2D eigenvalue weighted by molar-refractivity contribution is -0.0512. The Bertz CT molecular complexity index is 364. The molecule has 102 valence electrons. The predicted molar refractivity (Wildman–Crippen MR) is 69.7 cm³/mol. The van der Waals surface area contributed by atoms with Gasteiger partial charge < -0.3 is 14.8 Å². The highest BCUT2D eigenvalue weighted by Gasteiger charge is 2.10. The fraction of sp³-hybridized carbons (Fsp3) is 0.500. The standard InChI is InChI=1S/C12H17F2NO2S/c1-16-10-4-3-9(8-15-5-6-18-2)7-11(10)17-12(13)14/h3-4,7,12,15H,5-6,8H2,1-2H3. The Morgan fingerprint density at radius 3 is 2.72 bits per heavy atom. The van der Waals surface area contributed by atoms with E-state index in [9.17, 15) is 8.78 Å². The molecule has 18 heavy (non-hydrogen) atoms. The minimum absolute atomic E-state index is 0.0664. The summed E-state index contributed by atoms with van der Waals surface area (Å²) in [6.45, 7) is -1.36. The van der Waals surface area contributed by atoms with Crippen LogP contribution in [0.5, 0.6) is 11.5 Å². The summed E-state index contributed by atoms with van der Waals surface area (Å²) in [4.78, 5) is 0. The van der Waals surface area contributed by atoms with Crippen LogP contribution in [0.1, 0.15) is 5.56 Å². The Kier molecular flexibility index (Phi) is 6.82. The van der Waals surface area contributed by atoms with E-state index >= 15 is 0 Å². The molecule has 6 heteroatoms. The van der Waals surface area contributed by atoms with Gasteiger partial charge in [0.25, 0.3) is 0 Å². The summed E-state index contributed by atoms with van der Waals surface area (Å²) < 4.78 is 33.8. The lowest BCUT2D eigenvalue weighted by Gasteiger charge is -2.11. The molecule has 0 atom stereocenters. The maximum atomic E-state index is 12.2. The third-order valence-electron chi connectivity index (χ3n) is 2.26. The number of nitrogens with one attached hydrogen (secondary N) is 1. The van der Waals surface area contributed by atoms with E-state index in [1.165, 1.54) is 7.11 Å². The highest BCUT2D eigenvalue weighted by Crippen LogP contribution is 2.29. The number of hydrogen-bond donors (Lipinski definition) is 1. The number of ether oxygens (including phenoxy) is 2. The van der Waals surface area contributed by atoms with Crippen molar-refractivity contribution in [2.24, 2.45) is 0 Å². The van der Waals surface area contributed by atoms with Crippen LogP contribution in [0.3, 0.4) is 0 Å². The highest BCUT2D eigenvalue weighted by molar-refractivity contribution is 7.98. The molecule has 0 amide bonds. The second kappa shape index (κ2) is 8.16. The third-order valence-corrected chi connectivity index (χ3v) is 2.87. The molecule has 3 nitrogen and oxygen atoms in total. The van der Waals surface area contributed by atoms with E-state index in [2.05, 4.69) is 10.1 Å². The fourth-order valence-corrected chi connectivity index (χ4v) is 1.77. The summed E-state index contributed by atoms with van der Waals surface area (Å²) >= 11 is 1.75. The molecular formula is C12H17F2NO2S. The van der Waals surface area contributed by atoms with Crippen molar-refractivity contribution in [1.29, 1.82) is 0 Å². The molecule has 0 radical (unpaired) electrons. The third kappa shape index (κ3) is 5.10. The molecule has 0 aliphatic carbocycles. The Labute approximate surface area is 110 Å². The molecule has 0 fully saturated rings. The van der Waals surface area contributed by atoms with Crippen LogP contribution in [0.15, 0.2) is 18.2 Å². The summed E-state index contributed by atoms with van der Waals surface area (Å²) in [5.41, 5.74) is 0.882. The first kappa shape index (κ1) is 15.0. The first-order valence-electron chi connectivity index (χ1n) is 5.48. The molecular weight excluding hydrogens is 260 g/mol. The van der Waals surface area contributed by atoms with Gasteiger partial charge in [0, 0.05) is 18.8 Å². The Morgan fingerprint density at radius 1 is 1.33 bits per heavy atom. The van der Waals surface area contributed by atoms with E-state index in [1.807, 2.05) is 12.3 Å². The van der Waals surface area contributed by atoms with Crippen molar-refractivity contribution < 1.29 is 18.3 Å². The predicted octanol–water partition coefficient (Wildman–Crippen LogP) is 2.75. The van der Waals surface area contributed by atoms with Crippen LogP contribution in [0.2, 0.25) is 0 Å². The Hall–Kier alpha value is -1.01. The lowest BCUT2D eigenvalue weighted by Crippen LogP contribution is -2.16. The van der Waals surface area contributed by atoms with Gasteiger partial charge in [-0.2, -0.15) is 20.5 Å². The molecule has 1 rings (SSSR count). The minimum atomic E-state index is -2.85. The van der Waals surface area contributed by atoms with Crippen LogP contribution in [-0.2, 0) is 6.54 Å². The van der Waals surface area contributed by atoms with Gasteiger partial charge in [-0.1, -0.05) is 6.07 Å². The van der Waals surface area contributed by atoms with E-state index < -0.39 is 6.61 Å². The zero-order valence-corrected chi connectivity index (χ0v) is 11.2. The van der Waals surface area contributed by atoms with E-state index in [-0.39, 0.29) is 5.75 Å². The smallest absolute Gasteiger partial charge is 0.387 e. The first-order chi connectivity index (χ1) is 8.67. The van der Waals surface area contributed by atoms with Gasteiger partial charge in [0.1, 0.15) is 0 Å². The summed E-state index contributed by atoms with van der Waals surface area (Å²) in [5.74, 6) is 1.39. The second-order valence-corrected chi connectivity index (χ2v) is 4.52. The van der Waals surface area contributed by atoms with Crippen LogP contribution in [0.4, 0.5) is 8.78 Å². The number of rotatable bonds is 8. The van der Waals surface area contributed by atoms with Gasteiger partial charge in [0.15, 0.2) is 11.5 Å². The van der Waals surface area contributed by atoms with Crippen LogP contribution in [0.25, 0.3) is 0 Å².